The van der Waals surface area contributed by atoms with Crippen LogP contribution in [0, 0.1) is 13.8 Å². The molecule has 6 nitrogen and oxygen atoms in total. The Morgan fingerprint density at radius 1 is 0.964 bits per heavy atom. The van der Waals surface area contributed by atoms with Crippen LogP contribution in [0.4, 0.5) is 4.79 Å². The van der Waals surface area contributed by atoms with Crippen LogP contribution in [0.3, 0.4) is 0 Å². The topological polar surface area (TPSA) is 61.9 Å². The van der Waals surface area contributed by atoms with Crippen molar-refractivity contribution in [3.05, 3.63) is 70.8 Å². The number of amides is 3. The van der Waals surface area contributed by atoms with Gasteiger partial charge in [0.2, 0.25) is 0 Å². The van der Waals surface area contributed by atoms with E-state index in [1.54, 1.807) is 0 Å². The minimum Gasteiger partial charge on any atom is -0.379 e. The van der Waals surface area contributed by atoms with E-state index in [4.69, 9.17) is 4.74 Å². The first-order valence-corrected chi connectivity index (χ1v) is 9.60. The van der Waals surface area contributed by atoms with Crippen molar-refractivity contribution >= 4 is 11.9 Å². The molecular formula is C22H25N3O3. The maximum atomic E-state index is 13.7. The molecule has 3 amide bonds. The fourth-order valence-electron chi connectivity index (χ4n) is 3.87. The van der Waals surface area contributed by atoms with E-state index in [0.717, 1.165) is 22.3 Å². The molecule has 4 rings (SSSR count). The summed E-state index contributed by atoms with van der Waals surface area (Å²) in [5, 5.41) is 3.02. The molecule has 0 saturated carbocycles. The number of hydrogen-bond acceptors (Lipinski definition) is 4. The third kappa shape index (κ3) is 3.08. The number of urea groups is 1. The summed E-state index contributed by atoms with van der Waals surface area (Å²) >= 11 is 0. The highest BCUT2D eigenvalue weighted by atomic mass is 16.5. The molecule has 1 atom stereocenters. The molecule has 28 heavy (non-hydrogen) atoms. The number of nitrogens with zero attached hydrogens (tertiary/aromatic N) is 2. The van der Waals surface area contributed by atoms with E-state index < -0.39 is 5.54 Å². The van der Waals surface area contributed by atoms with Crippen molar-refractivity contribution in [2.75, 3.05) is 33.0 Å². The Bertz CT molecular complexity index is 893. The van der Waals surface area contributed by atoms with Crippen LogP contribution in [0.15, 0.2) is 48.5 Å². The van der Waals surface area contributed by atoms with Crippen molar-refractivity contribution in [1.82, 2.24) is 15.1 Å². The van der Waals surface area contributed by atoms with Crippen molar-refractivity contribution < 1.29 is 14.3 Å². The molecule has 0 bridgehead atoms. The van der Waals surface area contributed by atoms with Crippen molar-refractivity contribution in [3.8, 4) is 0 Å². The number of carbonyl (C=O) groups excluding carboxylic acids is 2. The van der Waals surface area contributed by atoms with Gasteiger partial charge in [0.25, 0.3) is 5.91 Å². The van der Waals surface area contributed by atoms with Gasteiger partial charge in [-0.3, -0.25) is 9.69 Å². The number of ether oxygens (including phenoxy) is 1. The van der Waals surface area contributed by atoms with Crippen LogP contribution in [0.1, 0.15) is 22.3 Å². The van der Waals surface area contributed by atoms with Gasteiger partial charge in [0.05, 0.1) is 19.9 Å². The Labute approximate surface area is 165 Å². The standard InChI is InChI=1S/C22H25N3O3/c1-16-8-9-19(14-17(16)2)22(18-6-4-3-5-7-18)20(26)25(21(27)23-22)15-24-10-12-28-13-11-24/h3-9,14H,10-13,15H2,1-2H3,(H,23,27)/t22-/m0/s1. The van der Waals surface area contributed by atoms with Crippen LogP contribution in [0.5, 0.6) is 0 Å². The number of morpholine rings is 1. The van der Waals surface area contributed by atoms with Crippen molar-refractivity contribution in [2.24, 2.45) is 0 Å². The Kier molecular flexibility index (Phi) is 4.91. The summed E-state index contributed by atoms with van der Waals surface area (Å²) in [5.74, 6) is -0.238. The van der Waals surface area contributed by atoms with E-state index >= 15 is 0 Å². The zero-order valence-corrected chi connectivity index (χ0v) is 16.3. The minimum atomic E-state index is -1.21. The molecule has 2 heterocycles. The molecule has 146 valence electrons. The number of carbonyl (C=O) groups is 2. The highest BCUT2D eigenvalue weighted by Crippen LogP contribution is 2.36. The lowest BCUT2D eigenvalue weighted by molar-refractivity contribution is -0.132. The quantitative estimate of drug-likeness (QED) is 0.829. The summed E-state index contributed by atoms with van der Waals surface area (Å²) in [6, 6.07) is 15.1. The summed E-state index contributed by atoms with van der Waals surface area (Å²) < 4.78 is 5.38. The van der Waals surface area contributed by atoms with Crippen LogP contribution in [0.2, 0.25) is 0 Å². The predicted octanol–water partition coefficient (Wildman–Crippen LogP) is 2.39. The number of aryl methyl sites for hydroxylation is 2. The van der Waals surface area contributed by atoms with Crippen LogP contribution in [0.25, 0.3) is 0 Å². The zero-order valence-electron chi connectivity index (χ0n) is 16.3. The van der Waals surface area contributed by atoms with E-state index in [9.17, 15) is 9.59 Å². The summed E-state index contributed by atoms with van der Waals surface area (Å²) in [6.07, 6.45) is 0. The van der Waals surface area contributed by atoms with Gasteiger partial charge in [-0.05, 0) is 36.1 Å². The number of rotatable bonds is 4. The van der Waals surface area contributed by atoms with Gasteiger partial charge in [0.15, 0.2) is 5.54 Å². The number of imide groups is 1. The maximum Gasteiger partial charge on any atom is 0.326 e. The Morgan fingerprint density at radius 2 is 1.68 bits per heavy atom. The number of hydrogen-bond donors (Lipinski definition) is 1. The summed E-state index contributed by atoms with van der Waals surface area (Å²) in [7, 11) is 0. The third-order valence-corrected chi connectivity index (χ3v) is 5.70. The second-order valence-electron chi connectivity index (χ2n) is 7.45. The summed E-state index contributed by atoms with van der Waals surface area (Å²) in [6.45, 7) is 6.97. The molecule has 2 fully saturated rings. The number of nitrogens with one attached hydrogen (secondary N) is 1. The van der Waals surface area contributed by atoms with Gasteiger partial charge in [0, 0.05) is 13.1 Å². The molecule has 2 aliphatic heterocycles. The van der Waals surface area contributed by atoms with Crippen molar-refractivity contribution in [2.45, 2.75) is 19.4 Å². The van der Waals surface area contributed by atoms with Crippen LogP contribution < -0.4 is 5.32 Å². The molecule has 0 radical (unpaired) electrons. The van der Waals surface area contributed by atoms with Gasteiger partial charge in [0.1, 0.15) is 0 Å². The summed E-state index contributed by atoms with van der Waals surface area (Å²) in [5.41, 5.74) is 2.57. The Balaban J connectivity index is 1.77. The molecule has 2 saturated heterocycles. The van der Waals surface area contributed by atoms with E-state index in [0.29, 0.717) is 26.3 Å². The van der Waals surface area contributed by atoms with Crippen molar-refractivity contribution in [3.63, 3.8) is 0 Å². The highest BCUT2D eigenvalue weighted by molar-refractivity contribution is 6.09. The normalized spacial score (nSPS) is 23.1. The average molecular weight is 379 g/mol. The monoisotopic (exact) mass is 379 g/mol. The lowest BCUT2D eigenvalue weighted by Gasteiger charge is -2.31. The van der Waals surface area contributed by atoms with Crippen LogP contribution in [-0.4, -0.2) is 54.7 Å². The average Bonchev–Trinajstić information content (AvgIpc) is 2.97. The van der Waals surface area contributed by atoms with E-state index in [1.807, 2.05) is 62.4 Å². The smallest absolute Gasteiger partial charge is 0.326 e. The lowest BCUT2D eigenvalue weighted by atomic mass is 9.81. The van der Waals surface area contributed by atoms with E-state index in [1.165, 1.54) is 4.90 Å². The second-order valence-corrected chi connectivity index (χ2v) is 7.45. The molecule has 1 N–H and O–H groups in total. The fourth-order valence-corrected chi connectivity index (χ4v) is 3.87. The second kappa shape index (κ2) is 7.37. The van der Waals surface area contributed by atoms with Crippen LogP contribution in [-0.2, 0) is 15.1 Å². The fraction of sp³-hybridized carbons (Fsp3) is 0.364. The number of benzene rings is 2. The van der Waals surface area contributed by atoms with Gasteiger partial charge < -0.3 is 10.1 Å². The molecule has 0 unspecified atom stereocenters. The Hall–Kier alpha value is -2.70. The molecule has 6 heteroatoms. The molecule has 0 aliphatic carbocycles. The first-order valence-electron chi connectivity index (χ1n) is 9.60. The largest absolute Gasteiger partial charge is 0.379 e. The van der Waals surface area contributed by atoms with Crippen LogP contribution >= 0.6 is 0 Å². The maximum absolute atomic E-state index is 13.7. The predicted molar refractivity (Wildman–Crippen MR) is 106 cm³/mol. The third-order valence-electron chi connectivity index (χ3n) is 5.70. The minimum absolute atomic E-state index is 0.238. The van der Waals surface area contributed by atoms with E-state index in [-0.39, 0.29) is 18.6 Å². The van der Waals surface area contributed by atoms with E-state index in [2.05, 4.69) is 10.2 Å². The van der Waals surface area contributed by atoms with Gasteiger partial charge in [-0.15, -0.1) is 0 Å². The molecular weight excluding hydrogens is 354 g/mol. The molecule has 0 aromatic heterocycles. The first kappa shape index (κ1) is 18.7. The van der Waals surface area contributed by atoms with Gasteiger partial charge in [-0.2, -0.15) is 0 Å². The van der Waals surface area contributed by atoms with Gasteiger partial charge in [-0.25, -0.2) is 9.69 Å². The SMILES string of the molecule is Cc1ccc([C@]2(c3ccccc3)NC(=O)N(CN3CCOCC3)C2=O)cc1C. The molecule has 2 aromatic carbocycles. The zero-order chi connectivity index (χ0) is 19.7. The van der Waals surface area contributed by atoms with Crippen molar-refractivity contribution in [1.29, 1.82) is 0 Å². The van der Waals surface area contributed by atoms with Gasteiger partial charge in [-0.1, -0.05) is 48.5 Å². The highest BCUT2D eigenvalue weighted by Gasteiger charge is 2.54. The summed E-state index contributed by atoms with van der Waals surface area (Å²) in [4.78, 5) is 30.0. The molecule has 2 aromatic rings. The molecule has 2 aliphatic rings. The lowest BCUT2D eigenvalue weighted by Crippen LogP contribution is -2.48. The van der Waals surface area contributed by atoms with Gasteiger partial charge >= 0.3 is 6.03 Å². The Morgan fingerprint density at radius 3 is 2.36 bits per heavy atom. The first-order chi connectivity index (χ1) is 13.5. The molecule has 0 spiro atoms.